The Morgan fingerprint density at radius 3 is 2.27 bits per heavy atom. The van der Waals surface area contributed by atoms with Crippen LogP contribution in [0.25, 0.3) is 23.0 Å². The first-order chi connectivity index (χ1) is 10.7. The van der Waals surface area contributed by atoms with E-state index < -0.39 is 5.97 Å². The first kappa shape index (κ1) is 13.8. The van der Waals surface area contributed by atoms with Crippen LogP contribution in [-0.4, -0.2) is 15.7 Å². The van der Waals surface area contributed by atoms with Gasteiger partial charge >= 0.3 is 0 Å². The van der Waals surface area contributed by atoms with E-state index in [4.69, 9.17) is 0 Å². The predicted molar refractivity (Wildman–Crippen MR) is 83.0 cm³/mol. The standard InChI is InChI=1S/C18H14N2O2/c21-17(22)12-11-15-13-20(16-9-5-2-6-10-16)19-18(15)14-7-3-1-4-8-14/h1-13H,(H,21,22)/p-1/b12-11+. The van der Waals surface area contributed by atoms with Crippen LogP contribution in [-0.2, 0) is 4.79 Å². The SMILES string of the molecule is O=C([O-])/C=C/c1cn(-c2ccccc2)nc1-c1ccccc1. The van der Waals surface area contributed by atoms with Crippen LogP contribution in [0.1, 0.15) is 5.56 Å². The van der Waals surface area contributed by atoms with Crippen molar-refractivity contribution in [3.8, 4) is 16.9 Å². The molecule has 108 valence electrons. The van der Waals surface area contributed by atoms with Crippen LogP contribution in [0.3, 0.4) is 0 Å². The zero-order chi connectivity index (χ0) is 15.4. The van der Waals surface area contributed by atoms with E-state index in [1.165, 1.54) is 6.08 Å². The van der Waals surface area contributed by atoms with Crippen LogP contribution in [0.15, 0.2) is 72.9 Å². The number of para-hydroxylation sites is 1. The average Bonchev–Trinajstić information content (AvgIpc) is 2.99. The van der Waals surface area contributed by atoms with Crippen molar-refractivity contribution >= 4 is 12.0 Å². The number of hydrogen-bond acceptors (Lipinski definition) is 3. The molecule has 1 heterocycles. The van der Waals surface area contributed by atoms with Crippen LogP contribution in [0.5, 0.6) is 0 Å². The van der Waals surface area contributed by atoms with Crippen LogP contribution < -0.4 is 5.11 Å². The molecular formula is C18H13N2O2-. The summed E-state index contributed by atoms with van der Waals surface area (Å²) in [4.78, 5) is 10.7. The highest BCUT2D eigenvalue weighted by Gasteiger charge is 2.09. The van der Waals surface area contributed by atoms with Gasteiger partial charge in [-0.3, -0.25) is 0 Å². The number of rotatable bonds is 4. The Kier molecular flexibility index (Phi) is 3.83. The molecule has 0 aliphatic heterocycles. The van der Waals surface area contributed by atoms with Crippen molar-refractivity contribution in [1.82, 2.24) is 9.78 Å². The molecule has 0 atom stereocenters. The van der Waals surface area contributed by atoms with Crippen molar-refractivity contribution in [3.63, 3.8) is 0 Å². The molecule has 4 nitrogen and oxygen atoms in total. The molecule has 0 fully saturated rings. The van der Waals surface area contributed by atoms with Gasteiger partial charge in [-0.15, -0.1) is 0 Å². The van der Waals surface area contributed by atoms with E-state index in [1.807, 2.05) is 60.7 Å². The third kappa shape index (κ3) is 2.96. The molecule has 0 saturated heterocycles. The number of aromatic nitrogens is 2. The Morgan fingerprint density at radius 2 is 1.64 bits per heavy atom. The number of carbonyl (C=O) groups is 1. The van der Waals surface area contributed by atoms with Gasteiger partial charge in [0.2, 0.25) is 0 Å². The van der Waals surface area contributed by atoms with Crippen LogP contribution >= 0.6 is 0 Å². The van der Waals surface area contributed by atoms with Gasteiger partial charge in [0, 0.05) is 17.3 Å². The highest BCUT2D eigenvalue weighted by molar-refractivity contribution is 5.85. The van der Waals surface area contributed by atoms with Crippen molar-refractivity contribution in [2.75, 3.05) is 0 Å². The summed E-state index contributed by atoms with van der Waals surface area (Å²) in [5, 5.41) is 15.3. The number of carbonyl (C=O) groups excluding carboxylic acids is 1. The molecule has 0 saturated carbocycles. The van der Waals surface area contributed by atoms with Crippen LogP contribution in [0, 0.1) is 0 Å². The van der Waals surface area contributed by atoms with Gasteiger partial charge in [0.15, 0.2) is 0 Å². The van der Waals surface area contributed by atoms with Gasteiger partial charge in [0.25, 0.3) is 0 Å². The molecule has 22 heavy (non-hydrogen) atoms. The summed E-state index contributed by atoms with van der Waals surface area (Å²) < 4.78 is 1.73. The lowest BCUT2D eigenvalue weighted by Gasteiger charge is -2.00. The fraction of sp³-hybridized carbons (Fsp3) is 0. The van der Waals surface area contributed by atoms with Gasteiger partial charge in [-0.2, -0.15) is 5.10 Å². The zero-order valence-electron chi connectivity index (χ0n) is 11.7. The summed E-state index contributed by atoms with van der Waals surface area (Å²) in [6.45, 7) is 0. The summed E-state index contributed by atoms with van der Waals surface area (Å²) in [6, 6.07) is 19.3. The number of benzene rings is 2. The van der Waals surface area contributed by atoms with Crippen LogP contribution in [0.2, 0.25) is 0 Å². The van der Waals surface area contributed by atoms with Crippen molar-refractivity contribution in [1.29, 1.82) is 0 Å². The largest absolute Gasteiger partial charge is 0.545 e. The topological polar surface area (TPSA) is 57.9 Å². The third-order valence-corrected chi connectivity index (χ3v) is 3.21. The van der Waals surface area contributed by atoms with Gasteiger partial charge in [0.05, 0.1) is 17.4 Å². The fourth-order valence-electron chi connectivity index (χ4n) is 2.20. The van der Waals surface area contributed by atoms with Crippen molar-refractivity contribution in [3.05, 3.63) is 78.5 Å². The normalized spacial score (nSPS) is 10.9. The lowest BCUT2D eigenvalue weighted by Crippen LogP contribution is -2.18. The molecule has 0 amide bonds. The van der Waals surface area contributed by atoms with Crippen LogP contribution in [0.4, 0.5) is 0 Å². The Morgan fingerprint density at radius 1 is 1.00 bits per heavy atom. The van der Waals surface area contributed by atoms with E-state index >= 15 is 0 Å². The second-order valence-electron chi connectivity index (χ2n) is 4.73. The molecule has 4 heteroatoms. The molecule has 1 aromatic heterocycles. The Bertz CT molecular complexity index is 806. The molecule has 3 aromatic rings. The third-order valence-electron chi connectivity index (χ3n) is 3.21. The van der Waals surface area contributed by atoms with E-state index in [0.29, 0.717) is 0 Å². The predicted octanol–water partition coefficient (Wildman–Crippen LogP) is 2.30. The summed E-state index contributed by atoms with van der Waals surface area (Å²) in [5.41, 5.74) is 3.28. The Labute approximate surface area is 128 Å². The summed E-state index contributed by atoms with van der Waals surface area (Å²) >= 11 is 0. The van der Waals surface area contributed by atoms with Gasteiger partial charge in [-0.05, 0) is 24.3 Å². The minimum absolute atomic E-state index is 0.722. The maximum Gasteiger partial charge on any atom is 0.0999 e. The van der Waals surface area contributed by atoms with Crippen molar-refractivity contribution in [2.24, 2.45) is 0 Å². The minimum atomic E-state index is -1.23. The molecule has 0 unspecified atom stereocenters. The van der Waals surface area contributed by atoms with E-state index in [-0.39, 0.29) is 0 Å². The van der Waals surface area contributed by atoms with Gasteiger partial charge in [-0.25, -0.2) is 4.68 Å². The van der Waals surface area contributed by atoms with Gasteiger partial charge in [-0.1, -0.05) is 48.5 Å². The molecule has 0 bridgehead atoms. The molecule has 0 aliphatic carbocycles. The number of hydrogen-bond donors (Lipinski definition) is 0. The van der Waals surface area contributed by atoms with E-state index in [1.54, 1.807) is 10.9 Å². The van der Waals surface area contributed by atoms with E-state index in [9.17, 15) is 9.90 Å². The molecule has 3 rings (SSSR count). The van der Waals surface area contributed by atoms with Gasteiger partial charge in [0.1, 0.15) is 0 Å². The Balaban J connectivity index is 2.11. The molecule has 2 aromatic carbocycles. The van der Waals surface area contributed by atoms with Crippen molar-refractivity contribution in [2.45, 2.75) is 0 Å². The lowest BCUT2D eigenvalue weighted by atomic mass is 10.1. The summed E-state index contributed by atoms with van der Waals surface area (Å²) in [7, 11) is 0. The molecule has 0 radical (unpaired) electrons. The number of nitrogens with zero attached hydrogens (tertiary/aromatic N) is 2. The maximum absolute atomic E-state index is 10.7. The monoisotopic (exact) mass is 289 g/mol. The fourth-order valence-corrected chi connectivity index (χ4v) is 2.20. The highest BCUT2D eigenvalue weighted by Crippen LogP contribution is 2.24. The first-order valence-corrected chi connectivity index (χ1v) is 6.83. The lowest BCUT2D eigenvalue weighted by molar-refractivity contribution is -0.297. The average molecular weight is 289 g/mol. The molecular weight excluding hydrogens is 276 g/mol. The second-order valence-corrected chi connectivity index (χ2v) is 4.73. The minimum Gasteiger partial charge on any atom is -0.545 e. The maximum atomic E-state index is 10.7. The Hall–Kier alpha value is -3.14. The van der Waals surface area contributed by atoms with Crippen molar-refractivity contribution < 1.29 is 9.90 Å². The number of carboxylic acid groups (broad SMARTS) is 1. The molecule has 0 spiro atoms. The highest BCUT2D eigenvalue weighted by atomic mass is 16.4. The number of aliphatic carboxylic acids is 1. The first-order valence-electron chi connectivity index (χ1n) is 6.83. The van der Waals surface area contributed by atoms with E-state index in [2.05, 4.69) is 5.10 Å². The summed E-state index contributed by atoms with van der Waals surface area (Å²) in [5.74, 6) is -1.23. The molecule has 0 N–H and O–H groups in total. The number of carboxylic acids is 1. The quantitative estimate of drug-likeness (QED) is 0.692. The summed E-state index contributed by atoms with van der Waals surface area (Å²) in [6.07, 6.45) is 4.32. The smallest absolute Gasteiger partial charge is 0.0999 e. The van der Waals surface area contributed by atoms with E-state index in [0.717, 1.165) is 28.6 Å². The second kappa shape index (κ2) is 6.10. The zero-order valence-corrected chi connectivity index (χ0v) is 11.7. The van der Waals surface area contributed by atoms with Gasteiger partial charge < -0.3 is 9.90 Å². The molecule has 0 aliphatic rings.